The Labute approximate surface area is 131 Å². The van der Waals surface area contributed by atoms with Crippen molar-refractivity contribution in [3.8, 4) is 0 Å². The van der Waals surface area contributed by atoms with Gasteiger partial charge >= 0.3 is 0 Å². The molecule has 1 fully saturated rings. The van der Waals surface area contributed by atoms with Crippen LogP contribution in [0.4, 0.5) is 5.69 Å². The molecular formula is C18H23N3O. The van der Waals surface area contributed by atoms with Crippen molar-refractivity contribution in [2.24, 2.45) is 0 Å². The number of carbonyl (C=O) groups is 1. The number of hydrogen-bond acceptors (Lipinski definition) is 3. The van der Waals surface area contributed by atoms with Gasteiger partial charge in [-0.25, -0.2) is 0 Å². The molecule has 22 heavy (non-hydrogen) atoms. The van der Waals surface area contributed by atoms with Crippen LogP contribution < -0.4 is 4.90 Å². The van der Waals surface area contributed by atoms with E-state index in [1.165, 1.54) is 6.42 Å². The monoisotopic (exact) mass is 297 g/mol. The molecule has 1 aliphatic heterocycles. The minimum absolute atomic E-state index is 0.106. The Morgan fingerprint density at radius 2 is 2.05 bits per heavy atom. The molecule has 0 unspecified atom stereocenters. The molecule has 1 aromatic heterocycles. The van der Waals surface area contributed by atoms with Crippen LogP contribution >= 0.6 is 0 Å². The lowest BCUT2D eigenvalue weighted by Crippen LogP contribution is -2.42. The van der Waals surface area contributed by atoms with E-state index in [1.54, 1.807) is 6.20 Å². The molecule has 3 rings (SSSR count). The van der Waals surface area contributed by atoms with Gasteiger partial charge in [-0.2, -0.15) is 0 Å². The molecule has 0 aliphatic carbocycles. The van der Waals surface area contributed by atoms with Crippen molar-refractivity contribution >= 4 is 22.5 Å². The summed E-state index contributed by atoms with van der Waals surface area (Å²) in [7, 11) is 3.97. The number of amides is 1. The number of hydrogen-bond donors (Lipinski definition) is 0. The molecule has 2 heterocycles. The van der Waals surface area contributed by atoms with Gasteiger partial charge in [0.15, 0.2) is 0 Å². The van der Waals surface area contributed by atoms with Gasteiger partial charge in [0.1, 0.15) is 0 Å². The third kappa shape index (κ3) is 2.54. The van der Waals surface area contributed by atoms with Crippen LogP contribution in [-0.2, 0) is 0 Å². The highest BCUT2D eigenvalue weighted by molar-refractivity contribution is 6.07. The maximum atomic E-state index is 13.0. The zero-order valence-corrected chi connectivity index (χ0v) is 13.5. The maximum Gasteiger partial charge on any atom is 0.257 e. The Morgan fingerprint density at radius 3 is 2.77 bits per heavy atom. The number of carbonyl (C=O) groups excluding carboxylic acids is 1. The van der Waals surface area contributed by atoms with E-state index in [1.807, 2.05) is 48.2 Å². The number of nitrogens with zero attached hydrogens (tertiary/aromatic N) is 3. The first-order valence-corrected chi connectivity index (χ1v) is 7.95. The van der Waals surface area contributed by atoms with Gasteiger partial charge in [0, 0.05) is 38.3 Å². The number of pyridine rings is 1. The van der Waals surface area contributed by atoms with E-state index in [0.29, 0.717) is 11.6 Å². The van der Waals surface area contributed by atoms with Gasteiger partial charge in [-0.15, -0.1) is 0 Å². The summed E-state index contributed by atoms with van der Waals surface area (Å²) in [4.78, 5) is 21.6. The molecule has 0 N–H and O–H groups in total. The predicted molar refractivity (Wildman–Crippen MR) is 90.4 cm³/mol. The summed E-state index contributed by atoms with van der Waals surface area (Å²) in [5.41, 5.74) is 2.60. The largest absolute Gasteiger partial charge is 0.376 e. The van der Waals surface area contributed by atoms with E-state index >= 15 is 0 Å². The fourth-order valence-corrected chi connectivity index (χ4v) is 3.32. The lowest BCUT2D eigenvalue weighted by atomic mass is 10.0. The number of para-hydroxylation sites is 1. The highest BCUT2D eigenvalue weighted by atomic mass is 16.2. The van der Waals surface area contributed by atoms with Gasteiger partial charge in [-0.05, 0) is 32.3 Å². The number of benzene rings is 1. The Kier molecular flexibility index (Phi) is 4.01. The molecule has 116 valence electrons. The maximum absolute atomic E-state index is 13.0. The normalized spacial score (nSPS) is 18.5. The van der Waals surface area contributed by atoms with Crippen molar-refractivity contribution in [2.75, 3.05) is 25.5 Å². The number of aromatic nitrogens is 1. The molecule has 0 radical (unpaired) electrons. The second-order valence-electron chi connectivity index (χ2n) is 6.28. The summed E-state index contributed by atoms with van der Waals surface area (Å²) in [6.45, 7) is 2.99. The fraction of sp³-hybridized carbons (Fsp3) is 0.444. The van der Waals surface area contributed by atoms with E-state index < -0.39 is 0 Å². The van der Waals surface area contributed by atoms with Crippen molar-refractivity contribution in [2.45, 2.75) is 32.2 Å². The molecule has 0 saturated carbocycles. The first-order chi connectivity index (χ1) is 10.6. The topological polar surface area (TPSA) is 36.4 Å². The first kappa shape index (κ1) is 14.8. The highest BCUT2D eigenvalue weighted by Gasteiger charge is 2.27. The molecule has 2 aromatic rings. The molecule has 0 spiro atoms. The van der Waals surface area contributed by atoms with Crippen molar-refractivity contribution in [3.63, 3.8) is 0 Å². The Bertz CT molecular complexity index is 696. The third-order valence-corrected chi connectivity index (χ3v) is 4.49. The van der Waals surface area contributed by atoms with E-state index in [0.717, 1.165) is 36.0 Å². The zero-order valence-electron chi connectivity index (χ0n) is 13.5. The van der Waals surface area contributed by atoms with Crippen molar-refractivity contribution in [1.82, 2.24) is 9.88 Å². The molecule has 4 heteroatoms. The molecule has 4 nitrogen and oxygen atoms in total. The zero-order chi connectivity index (χ0) is 15.7. The quantitative estimate of drug-likeness (QED) is 0.853. The second kappa shape index (κ2) is 5.95. The van der Waals surface area contributed by atoms with Crippen molar-refractivity contribution in [1.29, 1.82) is 0 Å². The molecule has 0 bridgehead atoms. The molecule has 1 amide bonds. The number of rotatable bonds is 2. The Balaban J connectivity index is 2.09. The average Bonchev–Trinajstić information content (AvgIpc) is 2.53. The van der Waals surface area contributed by atoms with Crippen LogP contribution in [0.2, 0.25) is 0 Å². The summed E-state index contributed by atoms with van der Waals surface area (Å²) in [5.74, 6) is 0.106. The number of fused-ring (bicyclic) bond motifs is 1. The van der Waals surface area contributed by atoms with Crippen LogP contribution in [0.15, 0.2) is 30.5 Å². The number of piperidine rings is 1. The average molecular weight is 297 g/mol. The summed E-state index contributed by atoms with van der Waals surface area (Å²) < 4.78 is 0. The van der Waals surface area contributed by atoms with Crippen LogP contribution in [0, 0.1) is 0 Å². The minimum Gasteiger partial charge on any atom is -0.376 e. The van der Waals surface area contributed by atoms with E-state index in [4.69, 9.17) is 0 Å². The molecule has 1 aromatic carbocycles. The standard InChI is InChI=1S/C18H23N3O/c1-13-8-6-7-11-21(13)18(22)15-12-19-16-10-5-4-9-14(16)17(15)20(2)3/h4-5,9-10,12-13H,6-8,11H2,1-3H3/t13-/m0/s1. The molecular weight excluding hydrogens is 274 g/mol. The summed E-state index contributed by atoms with van der Waals surface area (Å²) >= 11 is 0. The predicted octanol–water partition coefficient (Wildman–Crippen LogP) is 3.32. The SMILES string of the molecule is C[C@H]1CCCCN1C(=O)c1cnc2ccccc2c1N(C)C. The van der Waals surface area contributed by atoms with Gasteiger partial charge in [0.2, 0.25) is 0 Å². The summed E-state index contributed by atoms with van der Waals surface area (Å²) in [6.07, 6.45) is 5.13. The van der Waals surface area contributed by atoms with Gasteiger partial charge in [0.25, 0.3) is 5.91 Å². The highest BCUT2D eigenvalue weighted by Crippen LogP contribution is 2.30. The van der Waals surface area contributed by atoms with Crippen LogP contribution in [0.25, 0.3) is 10.9 Å². The van der Waals surface area contributed by atoms with Gasteiger partial charge in [-0.1, -0.05) is 18.2 Å². The van der Waals surface area contributed by atoms with Crippen molar-refractivity contribution < 1.29 is 4.79 Å². The lowest BCUT2D eigenvalue weighted by Gasteiger charge is -2.34. The Morgan fingerprint density at radius 1 is 1.27 bits per heavy atom. The smallest absolute Gasteiger partial charge is 0.257 e. The molecule has 1 atom stereocenters. The first-order valence-electron chi connectivity index (χ1n) is 7.95. The van der Waals surface area contributed by atoms with Crippen molar-refractivity contribution in [3.05, 3.63) is 36.0 Å². The van der Waals surface area contributed by atoms with Crippen LogP contribution in [0.3, 0.4) is 0 Å². The van der Waals surface area contributed by atoms with Gasteiger partial charge < -0.3 is 9.80 Å². The summed E-state index contributed by atoms with van der Waals surface area (Å²) in [5, 5.41) is 1.03. The van der Waals surface area contributed by atoms with Crippen LogP contribution in [0.1, 0.15) is 36.5 Å². The number of anilines is 1. The second-order valence-corrected chi connectivity index (χ2v) is 6.28. The van der Waals surface area contributed by atoms with Crippen LogP contribution in [0.5, 0.6) is 0 Å². The summed E-state index contributed by atoms with van der Waals surface area (Å²) in [6, 6.07) is 8.30. The fourth-order valence-electron chi connectivity index (χ4n) is 3.32. The number of likely N-dealkylation sites (tertiary alicyclic amines) is 1. The van der Waals surface area contributed by atoms with E-state index in [-0.39, 0.29) is 5.91 Å². The molecule has 1 aliphatic rings. The third-order valence-electron chi connectivity index (χ3n) is 4.49. The minimum atomic E-state index is 0.106. The Hall–Kier alpha value is -2.10. The van der Waals surface area contributed by atoms with Gasteiger partial charge in [-0.3, -0.25) is 9.78 Å². The van der Waals surface area contributed by atoms with E-state index in [2.05, 4.69) is 11.9 Å². The molecule has 1 saturated heterocycles. The van der Waals surface area contributed by atoms with Crippen LogP contribution in [-0.4, -0.2) is 42.5 Å². The lowest BCUT2D eigenvalue weighted by molar-refractivity contribution is 0.0636. The van der Waals surface area contributed by atoms with E-state index in [9.17, 15) is 4.79 Å². The van der Waals surface area contributed by atoms with Gasteiger partial charge in [0.05, 0.1) is 16.8 Å².